The molecule has 1 nitrogen and oxygen atoms in total. The van der Waals surface area contributed by atoms with Crippen LogP contribution in [0.2, 0.25) is 25.7 Å². The maximum Gasteiger partial charge on any atom is 0.0446 e. The SMILES string of the molecule is CC(C)(C)NCC(Cc1ccccc1)C[Si](C)(C)C. The third-order valence-electron chi connectivity index (χ3n) is 3.19. The molecule has 0 spiro atoms. The van der Waals surface area contributed by atoms with Gasteiger partial charge in [-0.1, -0.05) is 56.0 Å². The molecule has 0 saturated heterocycles. The molecular formula is C17H31NSi. The lowest BCUT2D eigenvalue weighted by Gasteiger charge is -2.29. The molecule has 0 radical (unpaired) electrons. The summed E-state index contributed by atoms with van der Waals surface area (Å²) in [7, 11) is -1.01. The summed E-state index contributed by atoms with van der Waals surface area (Å²) in [6.07, 6.45) is 1.20. The monoisotopic (exact) mass is 277 g/mol. The lowest BCUT2D eigenvalue weighted by Crippen LogP contribution is -2.41. The average Bonchev–Trinajstić information content (AvgIpc) is 2.24. The van der Waals surface area contributed by atoms with Crippen molar-refractivity contribution in [2.45, 2.75) is 58.4 Å². The molecule has 0 bridgehead atoms. The highest BCUT2D eigenvalue weighted by molar-refractivity contribution is 6.76. The summed E-state index contributed by atoms with van der Waals surface area (Å²) in [5.74, 6) is 0.758. The molecule has 2 heteroatoms. The third kappa shape index (κ3) is 8.22. The molecule has 0 aliphatic carbocycles. The highest BCUT2D eigenvalue weighted by atomic mass is 28.3. The molecule has 1 unspecified atom stereocenters. The second-order valence-corrected chi connectivity index (χ2v) is 13.5. The van der Waals surface area contributed by atoms with Gasteiger partial charge in [-0.05, 0) is 45.2 Å². The molecule has 1 aromatic rings. The molecule has 0 heterocycles. The Bertz CT molecular complexity index is 359. The lowest BCUT2D eigenvalue weighted by molar-refractivity contribution is 0.380. The summed E-state index contributed by atoms with van der Waals surface area (Å²) >= 11 is 0. The number of hydrogen-bond donors (Lipinski definition) is 1. The fraction of sp³-hybridized carbons (Fsp3) is 0.647. The van der Waals surface area contributed by atoms with E-state index in [0.717, 1.165) is 12.5 Å². The van der Waals surface area contributed by atoms with Crippen molar-refractivity contribution in [3.05, 3.63) is 35.9 Å². The van der Waals surface area contributed by atoms with Crippen molar-refractivity contribution >= 4 is 8.07 Å². The zero-order valence-corrected chi connectivity index (χ0v) is 14.6. The predicted octanol–water partition coefficient (Wildman–Crippen LogP) is 4.57. The van der Waals surface area contributed by atoms with E-state index in [0.29, 0.717) is 0 Å². The largest absolute Gasteiger partial charge is 0.312 e. The van der Waals surface area contributed by atoms with Crippen molar-refractivity contribution in [1.29, 1.82) is 0 Å². The smallest absolute Gasteiger partial charge is 0.0446 e. The Labute approximate surface area is 120 Å². The summed E-state index contributed by atoms with van der Waals surface area (Å²) < 4.78 is 0. The Morgan fingerprint density at radius 3 is 2.11 bits per heavy atom. The summed E-state index contributed by atoms with van der Waals surface area (Å²) in [6.45, 7) is 15.3. The molecule has 0 amide bonds. The summed E-state index contributed by atoms with van der Waals surface area (Å²) in [5, 5.41) is 3.69. The molecule has 0 aromatic heterocycles. The molecule has 1 N–H and O–H groups in total. The van der Waals surface area contributed by atoms with Crippen LogP contribution in [0.4, 0.5) is 0 Å². The number of nitrogens with one attached hydrogen (secondary N) is 1. The van der Waals surface area contributed by atoms with Crippen LogP contribution in [0, 0.1) is 5.92 Å². The molecule has 0 aliphatic heterocycles. The van der Waals surface area contributed by atoms with E-state index in [1.165, 1.54) is 18.0 Å². The van der Waals surface area contributed by atoms with Gasteiger partial charge in [-0.3, -0.25) is 0 Å². The third-order valence-corrected chi connectivity index (χ3v) is 4.99. The van der Waals surface area contributed by atoms with Crippen LogP contribution in [0.5, 0.6) is 0 Å². The van der Waals surface area contributed by atoms with Gasteiger partial charge < -0.3 is 5.32 Å². The molecule has 1 rings (SSSR count). The number of rotatable bonds is 6. The van der Waals surface area contributed by atoms with Crippen LogP contribution in [0.1, 0.15) is 26.3 Å². The van der Waals surface area contributed by atoms with Gasteiger partial charge in [-0.2, -0.15) is 0 Å². The fourth-order valence-electron chi connectivity index (χ4n) is 2.48. The average molecular weight is 278 g/mol. The maximum absolute atomic E-state index is 3.69. The van der Waals surface area contributed by atoms with Crippen LogP contribution in [-0.4, -0.2) is 20.2 Å². The molecule has 1 atom stereocenters. The first-order valence-electron chi connectivity index (χ1n) is 7.45. The Balaban J connectivity index is 2.64. The van der Waals surface area contributed by atoms with Crippen molar-refractivity contribution in [1.82, 2.24) is 5.32 Å². The quantitative estimate of drug-likeness (QED) is 0.751. The molecular weight excluding hydrogens is 246 g/mol. The van der Waals surface area contributed by atoms with Crippen LogP contribution >= 0.6 is 0 Å². The second-order valence-electron chi connectivity index (χ2n) is 7.95. The minimum absolute atomic E-state index is 0.217. The van der Waals surface area contributed by atoms with E-state index in [9.17, 15) is 0 Å². The number of hydrogen-bond acceptors (Lipinski definition) is 1. The molecule has 1 aromatic carbocycles. The van der Waals surface area contributed by atoms with Crippen LogP contribution in [-0.2, 0) is 6.42 Å². The van der Waals surface area contributed by atoms with Crippen LogP contribution in [0.15, 0.2) is 30.3 Å². The van der Waals surface area contributed by atoms with Gasteiger partial charge in [0.2, 0.25) is 0 Å². The van der Waals surface area contributed by atoms with Crippen LogP contribution in [0.25, 0.3) is 0 Å². The summed E-state index contributed by atoms with van der Waals surface area (Å²) in [5.41, 5.74) is 1.69. The van der Waals surface area contributed by atoms with E-state index in [2.05, 4.69) is 76.1 Å². The van der Waals surface area contributed by atoms with E-state index in [4.69, 9.17) is 0 Å². The highest BCUT2D eigenvalue weighted by Gasteiger charge is 2.22. The van der Waals surface area contributed by atoms with E-state index in [1.54, 1.807) is 0 Å². The van der Waals surface area contributed by atoms with Gasteiger partial charge in [0.15, 0.2) is 0 Å². The van der Waals surface area contributed by atoms with Gasteiger partial charge in [0, 0.05) is 13.6 Å². The Morgan fingerprint density at radius 2 is 1.63 bits per heavy atom. The van der Waals surface area contributed by atoms with E-state index < -0.39 is 8.07 Å². The van der Waals surface area contributed by atoms with Crippen molar-refractivity contribution in [3.8, 4) is 0 Å². The highest BCUT2D eigenvalue weighted by Crippen LogP contribution is 2.21. The maximum atomic E-state index is 3.69. The van der Waals surface area contributed by atoms with Gasteiger partial charge in [0.05, 0.1) is 0 Å². The normalized spacial score (nSPS) is 14.4. The lowest BCUT2D eigenvalue weighted by atomic mass is 9.99. The summed E-state index contributed by atoms with van der Waals surface area (Å²) in [6, 6.07) is 12.3. The molecule has 0 saturated carbocycles. The minimum Gasteiger partial charge on any atom is -0.312 e. The van der Waals surface area contributed by atoms with Crippen LogP contribution < -0.4 is 5.32 Å². The zero-order chi connectivity index (χ0) is 14.5. The zero-order valence-electron chi connectivity index (χ0n) is 13.6. The van der Waals surface area contributed by atoms with E-state index >= 15 is 0 Å². The topological polar surface area (TPSA) is 12.0 Å². The number of benzene rings is 1. The molecule has 0 aliphatic rings. The van der Waals surface area contributed by atoms with Crippen molar-refractivity contribution in [2.24, 2.45) is 5.92 Å². The minimum atomic E-state index is -1.01. The first-order chi connectivity index (χ1) is 8.66. The summed E-state index contributed by atoms with van der Waals surface area (Å²) in [4.78, 5) is 0. The van der Waals surface area contributed by atoms with Crippen molar-refractivity contribution in [3.63, 3.8) is 0 Å². The van der Waals surface area contributed by atoms with Crippen molar-refractivity contribution in [2.75, 3.05) is 6.54 Å². The first-order valence-corrected chi connectivity index (χ1v) is 11.2. The van der Waals surface area contributed by atoms with E-state index in [-0.39, 0.29) is 5.54 Å². The second kappa shape index (κ2) is 6.71. The first kappa shape index (κ1) is 16.5. The van der Waals surface area contributed by atoms with Gasteiger partial charge in [-0.25, -0.2) is 0 Å². The predicted molar refractivity (Wildman–Crippen MR) is 89.5 cm³/mol. The van der Waals surface area contributed by atoms with Crippen molar-refractivity contribution < 1.29 is 0 Å². The Morgan fingerprint density at radius 1 is 1.05 bits per heavy atom. The molecule has 108 valence electrons. The van der Waals surface area contributed by atoms with Crippen LogP contribution in [0.3, 0.4) is 0 Å². The van der Waals surface area contributed by atoms with E-state index in [1.807, 2.05) is 0 Å². The van der Waals surface area contributed by atoms with Gasteiger partial charge in [0.25, 0.3) is 0 Å². The van der Waals surface area contributed by atoms with Gasteiger partial charge >= 0.3 is 0 Å². The molecule has 19 heavy (non-hydrogen) atoms. The standard InChI is InChI=1S/C17H31NSi/c1-17(2,3)18-13-16(14-19(4,5)6)12-15-10-8-7-9-11-15/h7-11,16,18H,12-14H2,1-6H3. The Kier molecular flexibility index (Phi) is 5.81. The fourth-order valence-corrected chi connectivity index (χ4v) is 4.50. The van der Waals surface area contributed by atoms with Gasteiger partial charge in [-0.15, -0.1) is 0 Å². The van der Waals surface area contributed by atoms with Gasteiger partial charge in [0.1, 0.15) is 0 Å². The molecule has 0 fully saturated rings. The Hall–Kier alpha value is -0.603.